The molecule has 6 nitrogen and oxygen atoms in total. The molecule has 0 bridgehead atoms. The fourth-order valence-electron chi connectivity index (χ4n) is 2.37. The van der Waals surface area contributed by atoms with Gasteiger partial charge in [-0.3, -0.25) is 9.59 Å². The van der Waals surface area contributed by atoms with E-state index in [9.17, 15) is 22.4 Å². The lowest BCUT2D eigenvalue weighted by Crippen LogP contribution is -2.51. The molecule has 1 fully saturated rings. The van der Waals surface area contributed by atoms with E-state index in [1.54, 1.807) is 0 Å². The topological polar surface area (TPSA) is 92.3 Å². The van der Waals surface area contributed by atoms with Gasteiger partial charge < -0.3 is 10.6 Å². The Bertz CT molecular complexity index is 688. The number of amides is 2. The largest absolute Gasteiger partial charge is 0.354 e. The fraction of sp³-hybridized carbons (Fsp3) is 0.467. The molecule has 2 amide bonds. The molecule has 8 heteroatoms. The van der Waals surface area contributed by atoms with Crippen molar-refractivity contribution in [1.82, 2.24) is 10.6 Å². The van der Waals surface area contributed by atoms with Crippen LogP contribution in [0.1, 0.15) is 19.8 Å². The molecular formula is C15H19FN2O4S. The van der Waals surface area contributed by atoms with Crippen molar-refractivity contribution in [3.05, 3.63) is 30.1 Å². The van der Waals surface area contributed by atoms with Gasteiger partial charge in [-0.2, -0.15) is 0 Å². The van der Waals surface area contributed by atoms with Gasteiger partial charge in [0.15, 0.2) is 9.84 Å². The zero-order chi connectivity index (χ0) is 17.0. The number of hydrogen-bond acceptors (Lipinski definition) is 4. The van der Waals surface area contributed by atoms with E-state index in [0.29, 0.717) is 13.0 Å². The van der Waals surface area contributed by atoms with Gasteiger partial charge in [0.1, 0.15) is 11.9 Å². The minimum Gasteiger partial charge on any atom is -0.354 e. The molecule has 0 saturated carbocycles. The van der Waals surface area contributed by atoms with Gasteiger partial charge in [0, 0.05) is 12.5 Å². The Morgan fingerprint density at radius 3 is 2.65 bits per heavy atom. The maximum atomic E-state index is 12.9. The molecule has 23 heavy (non-hydrogen) atoms. The molecule has 2 N–H and O–H groups in total. The molecule has 1 aromatic rings. The van der Waals surface area contributed by atoms with E-state index in [1.807, 2.05) is 0 Å². The van der Waals surface area contributed by atoms with Crippen LogP contribution in [0.5, 0.6) is 0 Å². The van der Waals surface area contributed by atoms with Gasteiger partial charge in [0.25, 0.3) is 0 Å². The van der Waals surface area contributed by atoms with Crippen LogP contribution >= 0.6 is 0 Å². The standard InChI is InChI=1S/C15H19FN2O4S/c1-10(14(19)18-13-3-2-8-17-15(13)20)9-23(21,22)12-6-4-11(16)5-7-12/h4-7,10,13H,2-3,8-9H2,1H3,(H,17,20)(H,18,19)/t10-,13-/m0/s1. The molecule has 0 aliphatic carbocycles. The van der Waals surface area contributed by atoms with Crippen LogP contribution < -0.4 is 10.6 Å². The van der Waals surface area contributed by atoms with Gasteiger partial charge in [0.05, 0.1) is 10.6 Å². The number of rotatable bonds is 5. The van der Waals surface area contributed by atoms with Crippen LogP contribution in [0.2, 0.25) is 0 Å². The molecule has 0 unspecified atom stereocenters. The number of sulfone groups is 1. The summed E-state index contributed by atoms with van der Waals surface area (Å²) in [5, 5.41) is 5.22. The molecule has 1 aliphatic rings. The third-order valence-corrected chi connectivity index (χ3v) is 5.62. The first-order valence-corrected chi connectivity index (χ1v) is 9.01. The maximum absolute atomic E-state index is 12.9. The zero-order valence-corrected chi connectivity index (χ0v) is 13.5. The van der Waals surface area contributed by atoms with E-state index >= 15 is 0 Å². The van der Waals surface area contributed by atoms with Gasteiger partial charge in [-0.15, -0.1) is 0 Å². The first kappa shape index (κ1) is 17.4. The van der Waals surface area contributed by atoms with Crippen LogP contribution in [-0.2, 0) is 19.4 Å². The highest BCUT2D eigenvalue weighted by Gasteiger charge is 2.28. The number of hydrogen-bond donors (Lipinski definition) is 2. The summed E-state index contributed by atoms with van der Waals surface area (Å²) in [6.45, 7) is 2.07. The van der Waals surface area contributed by atoms with Crippen LogP contribution in [-0.4, -0.2) is 38.6 Å². The van der Waals surface area contributed by atoms with E-state index < -0.39 is 39.3 Å². The second-order valence-corrected chi connectivity index (χ2v) is 7.67. The summed E-state index contributed by atoms with van der Waals surface area (Å²) in [7, 11) is -3.70. The number of nitrogens with one attached hydrogen (secondary N) is 2. The minimum atomic E-state index is -3.70. The Hall–Kier alpha value is -1.96. The second-order valence-electron chi connectivity index (χ2n) is 5.63. The third kappa shape index (κ3) is 4.51. The lowest BCUT2D eigenvalue weighted by atomic mass is 10.1. The highest BCUT2D eigenvalue weighted by atomic mass is 32.2. The highest BCUT2D eigenvalue weighted by molar-refractivity contribution is 7.91. The normalized spacial score (nSPS) is 19.7. The summed E-state index contributed by atoms with van der Waals surface area (Å²) in [6.07, 6.45) is 1.30. The zero-order valence-electron chi connectivity index (χ0n) is 12.7. The molecule has 0 aromatic heterocycles. The van der Waals surface area contributed by atoms with Gasteiger partial charge in [0.2, 0.25) is 11.8 Å². The van der Waals surface area contributed by atoms with Crippen molar-refractivity contribution >= 4 is 21.7 Å². The Kier molecular flexibility index (Phi) is 5.35. The summed E-state index contributed by atoms with van der Waals surface area (Å²) in [4.78, 5) is 23.7. The Balaban J connectivity index is 1.99. The fourth-order valence-corrected chi connectivity index (χ4v) is 3.92. The van der Waals surface area contributed by atoms with Crippen LogP contribution in [0.25, 0.3) is 0 Å². The first-order chi connectivity index (χ1) is 10.8. The number of piperidine rings is 1. The predicted molar refractivity (Wildman–Crippen MR) is 81.8 cm³/mol. The molecule has 1 aliphatic heterocycles. The van der Waals surface area contributed by atoms with Crippen LogP contribution in [0.3, 0.4) is 0 Å². The smallest absolute Gasteiger partial charge is 0.242 e. The van der Waals surface area contributed by atoms with E-state index in [2.05, 4.69) is 10.6 Å². The van der Waals surface area contributed by atoms with E-state index in [0.717, 1.165) is 18.6 Å². The van der Waals surface area contributed by atoms with Gasteiger partial charge in [-0.1, -0.05) is 6.92 Å². The summed E-state index contributed by atoms with van der Waals surface area (Å²) >= 11 is 0. The number of carbonyl (C=O) groups excluding carboxylic acids is 2. The van der Waals surface area contributed by atoms with Crippen molar-refractivity contribution in [3.8, 4) is 0 Å². The molecular weight excluding hydrogens is 323 g/mol. The first-order valence-electron chi connectivity index (χ1n) is 7.36. The van der Waals surface area contributed by atoms with Crippen molar-refractivity contribution in [2.45, 2.75) is 30.7 Å². The maximum Gasteiger partial charge on any atom is 0.242 e. The summed E-state index contributed by atoms with van der Waals surface area (Å²) in [5.41, 5.74) is 0. The Labute approximate surface area is 134 Å². The Morgan fingerprint density at radius 2 is 2.04 bits per heavy atom. The van der Waals surface area contributed by atoms with Gasteiger partial charge >= 0.3 is 0 Å². The van der Waals surface area contributed by atoms with Crippen molar-refractivity contribution in [3.63, 3.8) is 0 Å². The Morgan fingerprint density at radius 1 is 1.39 bits per heavy atom. The summed E-state index contributed by atoms with van der Waals surface area (Å²) in [5.74, 6) is -2.49. The molecule has 1 saturated heterocycles. The number of benzene rings is 1. The van der Waals surface area contributed by atoms with Crippen LogP contribution in [0, 0.1) is 11.7 Å². The predicted octanol–water partition coefficient (Wildman–Crippen LogP) is 0.630. The van der Waals surface area contributed by atoms with Crippen molar-refractivity contribution in [1.29, 1.82) is 0 Å². The molecule has 126 valence electrons. The van der Waals surface area contributed by atoms with Crippen molar-refractivity contribution in [2.75, 3.05) is 12.3 Å². The monoisotopic (exact) mass is 342 g/mol. The molecule has 0 spiro atoms. The number of halogens is 1. The highest BCUT2D eigenvalue weighted by Crippen LogP contribution is 2.15. The lowest BCUT2D eigenvalue weighted by Gasteiger charge is -2.24. The van der Waals surface area contributed by atoms with E-state index in [-0.39, 0.29) is 10.8 Å². The lowest BCUT2D eigenvalue weighted by molar-refractivity contribution is -0.131. The summed E-state index contributed by atoms with van der Waals surface area (Å²) in [6, 6.07) is 3.84. The average molecular weight is 342 g/mol. The summed E-state index contributed by atoms with van der Waals surface area (Å²) < 4.78 is 37.3. The molecule has 0 radical (unpaired) electrons. The quantitative estimate of drug-likeness (QED) is 0.768. The van der Waals surface area contributed by atoms with Gasteiger partial charge in [-0.25, -0.2) is 12.8 Å². The van der Waals surface area contributed by atoms with Crippen LogP contribution in [0.15, 0.2) is 29.2 Å². The van der Waals surface area contributed by atoms with E-state index in [4.69, 9.17) is 0 Å². The third-order valence-electron chi connectivity index (χ3n) is 3.69. The minimum absolute atomic E-state index is 0.0334. The molecule has 1 heterocycles. The van der Waals surface area contributed by atoms with Gasteiger partial charge in [-0.05, 0) is 37.1 Å². The second kappa shape index (κ2) is 7.08. The van der Waals surface area contributed by atoms with Crippen molar-refractivity contribution < 1.29 is 22.4 Å². The van der Waals surface area contributed by atoms with Crippen LogP contribution in [0.4, 0.5) is 4.39 Å². The average Bonchev–Trinajstić information content (AvgIpc) is 2.49. The SMILES string of the molecule is C[C@@H](CS(=O)(=O)c1ccc(F)cc1)C(=O)N[C@H]1CCCNC1=O. The number of carbonyl (C=O) groups is 2. The van der Waals surface area contributed by atoms with E-state index in [1.165, 1.54) is 19.1 Å². The molecule has 1 aromatic carbocycles. The molecule has 2 atom stereocenters. The molecule has 2 rings (SSSR count). The van der Waals surface area contributed by atoms with Crippen molar-refractivity contribution in [2.24, 2.45) is 5.92 Å².